The Morgan fingerprint density at radius 3 is 2.86 bits per heavy atom. The first kappa shape index (κ1) is 17.2. The minimum Gasteiger partial charge on any atom is -0.384 e. The predicted molar refractivity (Wildman–Crippen MR) is 80.0 cm³/mol. The average molecular weight is 292 g/mol. The lowest BCUT2D eigenvalue weighted by atomic mass is 10.1. The van der Waals surface area contributed by atoms with Crippen LogP contribution in [0.15, 0.2) is 18.2 Å². The summed E-state index contributed by atoms with van der Waals surface area (Å²) < 4.78 is 13.5. The van der Waals surface area contributed by atoms with Gasteiger partial charge in [-0.15, -0.1) is 0 Å². The zero-order valence-electron chi connectivity index (χ0n) is 12.4. The van der Waals surface area contributed by atoms with Crippen molar-refractivity contribution < 1.29 is 14.3 Å². The highest BCUT2D eigenvalue weighted by Gasteiger charge is 2.08. The number of hydrogen-bond acceptors (Lipinski definition) is 3. The maximum atomic E-state index is 13.5. The van der Waals surface area contributed by atoms with Crippen LogP contribution in [0.1, 0.15) is 24.5 Å². The molecule has 1 amide bonds. The second-order valence-electron chi connectivity index (χ2n) is 4.83. The second kappa shape index (κ2) is 9.11. The van der Waals surface area contributed by atoms with Crippen LogP contribution in [0.5, 0.6) is 0 Å². The molecule has 0 atom stereocenters. The summed E-state index contributed by atoms with van der Waals surface area (Å²) in [7, 11) is 1.80. The summed E-state index contributed by atoms with van der Waals surface area (Å²) in [6.45, 7) is 3.10. The van der Waals surface area contributed by atoms with Crippen molar-refractivity contribution in [2.45, 2.75) is 19.9 Å². The van der Waals surface area contributed by atoms with Crippen molar-refractivity contribution in [1.29, 1.82) is 0 Å². The highest BCUT2D eigenvalue weighted by Crippen LogP contribution is 2.10. The SMILES string of the molecule is CCCNC(=O)CN(C)Cc1cc(F)cc(C#CCO)c1. The summed E-state index contributed by atoms with van der Waals surface area (Å²) in [5.74, 6) is 4.75. The van der Waals surface area contributed by atoms with E-state index in [1.54, 1.807) is 13.1 Å². The molecule has 1 aromatic carbocycles. The van der Waals surface area contributed by atoms with E-state index in [9.17, 15) is 9.18 Å². The summed E-state index contributed by atoms with van der Waals surface area (Å²) in [5.41, 5.74) is 1.26. The number of rotatable bonds is 6. The minimum absolute atomic E-state index is 0.0453. The molecule has 0 fully saturated rings. The normalized spacial score (nSPS) is 10.1. The number of carbonyl (C=O) groups is 1. The molecule has 0 spiro atoms. The summed E-state index contributed by atoms with van der Waals surface area (Å²) in [4.78, 5) is 13.4. The first-order chi connectivity index (χ1) is 10.0. The fourth-order valence-corrected chi connectivity index (χ4v) is 1.89. The van der Waals surface area contributed by atoms with Gasteiger partial charge in [0.2, 0.25) is 5.91 Å². The molecule has 21 heavy (non-hydrogen) atoms. The van der Waals surface area contributed by atoms with Gasteiger partial charge in [-0.3, -0.25) is 9.69 Å². The van der Waals surface area contributed by atoms with Crippen LogP contribution in [-0.4, -0.2) is 42.7 Å². The summed E-state index contributed by atoms with van der Waals surface area (Å²) in [5, 5.41) is 11.5. The average Bonchev–Trinajstić information content (AvgIpc) is 2.42. The van der Waals surface area contributed by atoms with Gasteiger partial charge in [-0.1, -0.05) is 18.8 Å². The van der Waals surface area contributed by atoms with Gasteiger partial charge in [-0.2, -0.15) is 0 Å². The number of aliphatic hydroxyl groups is 1. The molecule has 5 heteroatoms. The van der Waals surface area contributed by atoms with Gasteiger partial charge in [0.05, 0.1) is 6.54 Å². The van der Waals surface area contributed by atoms with Crippen molar-refractivity contribution in [2.24, 2.45) is 0 Å². The molecule has 0 saturated carbocycles. The molecule has 0 heterocycles. The van der Waals surface area contributed by atoms with E-state index >= 15 is 0 Å². The molecule has 0 unspecified atom stereocenters. The third-order valence-electron chi connectivity index (χ3n) is 2.71. The van der Waals surface area contributed by atoms with Crippen LogP contribution < -0.4 is 5.32 Å². The van der Waals surface area contributed by atoms with E-state index in [0.717, 1.165) is 12.0 Å². The van der Waals surface area contributed by atoms with Crippen LogP contribution in [0.25, 0.3) is 0 Å². The van der Waals surface area contributed by atoms with Crippen LogP contribution in [0, 0.1) is 17.7 Å². The Balaban J connectivity index is 2.65. The van der Waals surface area contributed by atoms with Gasteiger partial charge >= 0.3 is 0 Å². The van der Waals surface area contributed by atoms with Crippen LogP contribution >= 0.6 is 0 Å². The standard InChI is InChI=1S/C16H21FN2O2/c1-3-6-18-16(21)12-19(2)11-14-8-13(5-4-7-20)9-15(17)10-14/h8-10,20H,3,6-7,11-12H2,1-2H3,(H,18,21). The Morgan fingerprint density at radius 2 is 2.19 bits per heavy atom. The van der Waals surface area contributed by atoms with Crippen LogP contribution in [0.2, 0.25) is 0 Å². The van der Waals surface area contributed by atoms with E-state index in [2.05, 4.69) is 17.2 Å². The Hall–Kier alpha value is -1.90. The summed E-state index contributed by atoms with van der Waals surface area (Å²) in [6.07, 6.45) is 0.895. The molecule has 0 aromatic heterocycles. The number of hydrogen-bond donors (Lipinski definition) is 2. The Kier molecular flexibility index (Phi) is 7.44. The molecular formula is C16H21FN2O2. The predicted octanol–water partition coefficient (Wildman–Crippen LogP) is 1.13. The lowest BCUT2D eigenvalue weighted by Crippen LogP contribution is -2.35. The number of halogens is 1. The smallest absolute Gasteiger partial charge is 0.234 e. The molecule has 1 aromatic rings. The van der Waals surface area contributed by atoms with Gasteiger partial charge in [-0.25, -0.2) is 4.39 Å². The first-order valence-electron chi connectivity index (χ1n) is 6.89. The van der Waals surface area contributed by atoms with Crippen molar-refractivity contribution in [3.05, 3.63) is 35.1 Å². The van der Waals surface area contributed by atoms with Crippen LogP contribution in [0.3, 0.4) is 0 Å². The van der Waals surface area contributed by atoms with Gasteiger partial charge < -0.3 is 10.4 Å². The van der Waals surface area contributed by atoms with Crippen LogP contribution in [-0.2, 0) is 11.3 Å². The zero-order valence-corrected chi connectivity index (χ0v) is 12.4. The van der Waals surface area contributed by atoms with Crippen LogP contribution in [0.4, 0.5) is 4.39 Å². The van der Waals surface area contributed by atoms with E-state index in [4.69, 9.17) is 5.11 Å². The molecule has 1 rings (SSSR count). The maximum absolute atomic E-state index is 13.5. The fourth-order valence-electron chi connectivity index (χ4n) is 1.89. The number of likely N-dealkylation sites (N-methyl/N-ethyl adjacent to an activating group) is 1. The van der Waals surface area contributed by atoms with Gasteiger partial charge in [0.1, 0.15) is 12.4 Å². The topological polar surface area (TPSA) is 52.6 Å². The molecular weight excluding hydrogens is 271 g/mol. The maximum Gasteiger partial charge on any atom is 0.234 e. The van der Waals surface area contributed by atoms with Gasteiger partial charge in [0.15, 0.2) is 0 Å². The molecule has 0 aliphatic carbocycles. The molecule has 2 N–H and O–H groups in total. The number of aliphatic hydroxyl groups excluding tert-OH is 1. The number of nitrogens with zero attached hydrogens (tertiary/aromatic N) is 1. The largest absolute Gasteiger partial charge is 0.384 e. The molecule has 4 nitrogen and oxygen atoms in total. The van der Waals surface area contributed by atoms with Crippen molar-refractivity contribution in [3.63, 3.8) is 0 Å². The van der Waals surface area contributed by atoms with E-state index in [0.29, 0.717) is 18.7 Å². The first-order valence-corrected chi connectivity index (χ1v) is 6.89. The van der Waals surface area contributed by atoms with E-state index in [-0.39, 0.29) is 24.9 Å². The quantitative estimate of drug-likeness (QED) is 0.773. The number of carbonyl (C=O) groups excluding carboxylic acids is 1. The monoisotopic (exact) mass is 292 g/mol. The van der Waals surface area contributed by atoms with Crippen molar-refractivity contribution in [1.82, 2.24) is 10.2 Å². The van der Waals surface area contributed by atoms with E-state index < -0.39 is 0 Å². The van der Waals surface area contributed by atoms with E-state index in [1.807, 2.05) is 11.8 Å². The van der Waals surface area contributed by atoms with Crippen molar-refractivity contribution in [2.75, 3.05) is 26.7 Å². The zero-order chi connectivity index (χ0) is 15.7. The molecule has 0 saturated heterocycles. The Labute approximate surface area is 125 Å². The van der Waals surface area contributed by atoms with Crippen molar-refractivity contribution in [3.8, 4) is 11.8 Å². The Bertz CT molecular complexity index is 535. The molecule has 0 radical (unpaired) electrons. The molecule has 0 aliphatic heterocycles. The second-order valence-corrected chi connectivity index (χ2v) is 4.83. The summed E-state index contributed by atoms with van der Waals surface area (Å²) >= 11 is 0. The highest BCUT2D eigenvalue weighted by atomic mass is 19.1. The van der Waals surface area contributed by atoms with Gasteiger partial charge in [0.25, 0.3) is 0 Å². The molecule has 0 bridgehead atoms. The molecule has 0 aliphatic rings. The number of amides is 1. The number of nitrogens with one attached hydrogen (secondary N) is 1. The number of benzene rings is 1. The van der Waals surface area contributed by atoms with Gasteiger partial charge in [0, 0.05) is 18.7 Å². The third-order valence-corrected chi connectivity index (χ3v) is 2.71. The highest BCUT2D eigenvalue weighted by molar-refractivity contribution is 5.77. The van der Waals surface area contributed by atoms with Crippen molar-refractivity contribution >= 4 is 5.91 Å². The Morgan fingerprint density at radius 1 is 1.43 bits per heavy atom. The fraction of sp³-hybridized carbons (Fsp3) is 0.438. The lowest BCUT2D eigenvalue weighted by Gasteiger charge is -2.16. The third kappa shape index (κ3) is 6.89. The minimum atomic E-state index is -0.376. The lowest BCUT2D eigenvalue weighted by molar-refractivity contribution is -0.122. The van der Waals surface area contributed by atoms with E-state index in [1.165, 1.54) is 12.1 Å². The summed E-state index contributed by atoms with van der Waals surface area (Å²) in [6, 6.07) is 4.50. The molecule has 114 valence electrons. The van der Waals surface area contributed by atoms with Gasteiger partial charge in [-0.05, 0) is 37.2 Å².